The molecule has 0 fully saturated rings. The first kappa shape index (κ1) is 16.7. The number of hydrogen-bond donors (Lipinski definition) is 1. The minimum absolute atomic E-state index is 0.165. The van der Waals surface area contributed by atoms with Gasteiger partial charge >= 0.3 is 5.97 Å². The highest BCUT2D eigenvalue weighted by Gasteiger charge is 2.23. The van der Waals surface area contributed by atoms with E-state index in [0.717, 1.165) is 0 Å². The Balaban J connectivity index is 2.90. The summed E-state index contributed by atoms with van der Waals surface area (Å²) in [5, 5.41) is 0. The average molecular weight is 299 g/mol. The van der Waals surface area contributed by atoms with Crippen molar-refractivity contribution in [2.45, 2.75) is 38.5 Å². The van der Waals surface area contributed by atoms with Crippen molar-refractivity contribution in [2.24, 2.45) is 0 Å². The molecule has 1 N–H and O–H groups in total. The molecular formula is C14H21NO4S. The van der Waals surface area contributed by atoms with Crippen LogP contribution in [0.5, 0.6) is 0 Å². The maximum Gasteiger partial charge on any atom is 0.337 e. The molecule has 6 heteroatoms. The molecule has 0 radical (unpaired) electrons. The van der Waals surface area contributed by atoms with E-state index in [0.29, 0.717) is 17.5 Å². The molecule has 0 heterocycles. The van der Waals surface area contributed by atoms with Gasteiger partial charge in [0.05, 0.1) is 18.4 Å². The van der Waals surface area contributed by atoms with Crippen LogP contribution in [0.3, 0.4) is 0 Å². The summed E-state index contributed by atoms with van der Waals surface area (Å²) in [5.74, 6) is -0.646. The molecule has 0 amide bonds. The van der Waals surface area contributed by atoms with E-state index < -0.39 is 21.5 Å². The van der Waals surface area contributed by atoms with Gasteiger partial charge in [-0.1, -0.05) is 19.1 Å². The van der Waals surface area contributed by atoms with Crippen LogP contribution >= 0.6 is 0 Å². The van der Waals surface area contributed by atoms with Crippen LogP contribution in [0.25, 0.3) is 0 Å². The van der Waals surface area contributed by atoms with E-state index in [9.17, 15) is 13.2 Å². The molecule has 0 bridgehead atoms. The lowest BCUT2D eigenvalue weighted by molar-refractivity contribution is 0.0600. The van der Waals surface area contributed by atoms with Crippen LogP contribution in [0.1, 0.15) is 43.1 Å². The number of sulfonamides is 1. The van der Waals surface area contributed by atoms with Crippen LogP contribution in [-0.4, -0.2) is 27.0 Å². The maximum atomic E-state index is 12.1. The van der Waals surface area contributed by atoms with E-state index in [-0.39, 0.29) is 5.75 Å². The number of nitrogens with one attached hydrogen (secondary N) is 1. The van der Waals surface area contributed by atoms with E-state index in [1.165, 1.54) is 13.2 Å². The summed E-state index contributed by atoms with van der Waals surface area (Å²) >= 11 is 0. The molecule has 0 unspecified atom stereocenters. The fraction of sp³-hybridized carbons (Fsp3) is 0.500. The van der Waals surface area contributed by atoms with Gasteiger partial charge in [-0.2, -0.15) is 0 Å². The number of carbonyl (C=O) groups is 1. The van der Waals surface area contributed by atoms with Crippen molar-refractivity contribution in [3.63, 3.8) is 0 Å². The highest BCUT2D eigenvalue weighted by Crippen LogP contribution is 2.14. The first-order chi connectivity index (χ1) is 9.19. The number of hydrogen-bond acceptors (Lipinski definition) is 4. The predicted octanol–water partition coefficient (Wildman–Crippen LogP) is 2.08. The number of ether oxygens (including phenoxy) is 1. The van der Waals surface area contributed by atoms with E-state index in [1.807, 2.05) is 20.8 Å². The van der Waals surface area contributed by atoms with Gasteiger partial charge in [0.15, 0.2) is 0 Å². The molecule has 0 aromatic heterocycles. The molecule has 0 aliphatic heterocycles. The third kappa shape index (κ3) is 4.94. The molecular weight excluding hydrogens is 278 g/mol. The highest BCUT2D eigenvalue weighted by molar-refractivity contribution is 7.88. The number of rotatable bonds is 6. The Morgan fingerprint density at radius 3 is 2.55 bits per heavy atom. The summed E-state index contributed by atoms with van der Waals surface area (Å²) < 4.78 is 31.5. The van der Waals surface area contributed by atoms with Crippen molar-refractivity contribution in [3.05, 3.63) is 35.4 Å². The lowest BCUT2D eigenvalue weighted by atomic mass is 10.0. The van der Waals surface area contributed by atoms with Crippen LogP contribution in [0.4, 0.5) is 0 Å². The van der Waals surface area contributed by atoms with Crippen LogP contribution in [0, 0.1) is 0 Å². The Morgan fingerprint density at radius 1 is 1.35 bits per heavy atom. The van der Waals surface area contributed by atoms with Crippen LogP contribution in [0.15, 0.2) is 24.3 Å². The van der Waals surface area contributed by atoms with Gasteiger partial charge in [-0.25, -0.2) is 17.9 Å². The summed E-state index contributed by atoms with van der Waals surface area (Å²) in [4.78, 5) is 11.4. The topological polar surface area (TPSA) is 72.5 Å². The largest absolute Gasteiger partial charge is 0.465 e. The minimum Gasteiger partial charge on any atom is -0.465 e. The number of esters is 1. The molecule has 0 spiro atoms. The zero-order valence-corrected chi connectivity index (χ0v) is 13.1. The van der Waals surface area contributed by atoms with Crippen LogP contribution in [0.2, 0.25) is 0 Å². The van der Waals surface area contributed by atoms with Gasteiger partial charge in [-0.15, -0.1) is 0 Å². The Bertz CT molecular complexity index is 579. The highest BCUT2D eigenvalue weighted by atomic mass is 32.2. The molecule has 0 aliphatic carbocycles. The molecule has 0 saturated carbocycles. The first-order valence-corrected chi connectivity index (χ1v) is 8.03. The van der Waals surface area contributed by atoms with Gasteiger partial charge in [0.1, 0.15) is 0 Å². The van der Waals surface area contributed by atoms with Crippen LogP contribution in [-0.2, 0) is 20.5 Å². The Morgan fingerprint density at radius 2 is 2.00 bits per heavy atom. The van der Waals surface area contributed by atoms with Gasteiger partial charge < -0.3 is 4.74 Å². The monoisotopic (exact) mass is 299 g/mol. The average Bonchev–Trinajstić information content (AvgIpc) is 2.36. The Labute approximate surface area is 120 Å². The number of methoxy groups -OCH3 is 1. The van der Waals surface area contributed by atoms with Crippen molar-refractivity contribution >= 4 is 16.0 Å². The SMILES string of the molecule is CCC(C)(C)NS(=O)(=O)Cc1cccc(C(=O)OC)c1. The first-order valence-electron chi connectivity index (χ1n) is 6.38. The zero-order valence-electron chi connectivity index (χ0n) is 12.3. The quantitative estimate of drug-likeness (QED) is 0.816. The summed E-state index contributed by atoms with van der Waals surface area (Å²) in [6.07, 6.45) is 0.689. The fourth-order valence-corrected chi connectivity index (χ4v) is 3.33. The molecule has 0 saturated heterocycles. The number of benzene rings is 1. The van der Waals surface area contributed by atoms with E-state index in [1.54, 1.807) is 18.2 Å². The van der Waals surface area contributed by atoms with Gasteiger partial charge in [-0.3, -0.25) is 0 Å². The van der Waals surface area contributed by atoms with Crippen LogP contribution < -0.4 is 4.72 Å². The van der Waals surface area contributed by atoms with Crippen molar-refractivity contribution in [2.75, 3.05) is 7.11 Å². The third-order valence-corrected chi connectivity index (χ3v) is 4.60. The molecule has 20 heavy (non-hydrogen) atoms. The van der Waals surface area contributed by atoms with Crippen molar-refractivity contribution in [1.29, 1.82) is 0 Å². The third-order valence-electron chi connectivity index (χ3n) is 3.02. The van der Waals surface area contributed by atoms with Crippen molar-refractivity contribution < 1.29 is 17.9 Å². The summed E-state index contributed by atoms with van der Waals surface area (Å²) in [7, 11) is -2.17. The molecule has 112 valence electrons. The second-order valence-corrected chi connectivity index (χ2v) is 7.01. The molecule has 1 aromatic carbocycles. The number of carbonyl (C=O) groups excluding carboxylic acids is 1. The van der Waals surface area contributed by atoms with Gasteiger partial charge in [0.25, 0.3) is 0 Å². The van der Waals surface area contributed by atoms with Gasteiger partial charge in [-0.05, 0) is 38.0 Å². The predicted molar refractivity (Wildman–Crippen MR) is 77.9 cm³/mol. The zero-order chi connectivity index (χ0) is 15.4. The standard InChI is InChI=1S/C14H21NO4S/c1-5-14(2,3)15-20(17,18)10-11-7-6-8-12(9-11)13(16)19-4/h6-9,15H,5,10H2,1-4H3. The van der Waals surface area contributed by atoms with Gasteiger partial charge in [0, 0.05) is 5.54 Å². The summed E-state index contributed by atoms with van der Waals surface area (Å²) in [6, 6.07) is 6.43. The van der Waals surface area contributed by atoms with Crippen molar-refractivity contribution in [1.82, 2.24) is 4.72 Å². The van der Waals surface area contributed by atoms with E-state index in [2.05, 4.69) is 9.46 Å². The smallest absolute Gasteiger partial charge is 0.337 e. The summed E-state index contributed by atoms with van der Waals surface area (Å²) in [5.41, 5.74) is 0.404. The minimum atomic E-state index is -3.46. The Kier molecular flexibility index (Phi) is 5.30. The normalized spacial score (nSPS) is 12.2. The Hall–Kier alpha value is -1.40. The molecule has 1 aromatic rings. The maximum absolute atomic E-state index is 12.1. The second-order valence-electron chi connectivity index (χ2n) is 5.29. The summed E-state index contributed by atoms with van der Waals surface area (Å²) in [6.45, 7) is 5.57. The molecule has 0 aliphatic rings. The van der Waals surface area contributed by atoms with Crippen molar-refractivity contribution in [3.8, 4) is 0 Å². The van der Waals surface area contributed by atoms with Gasteiger partial charge in [0.2, 0.25) is 10.0 Å². The van der Waals surface area contributed by atoms with E-state index in [4.69, 9.17) is 0 Å². The molecule has 0 atom stereocenters. The molecule has 1 rings (SSSR count). The van der Waals surface area contributed by atoms with E-state index >= 15 is 0 Å². The molecule has 5 nitrogen and oxygen atoms in total. The second kappa shape index (κ2) is 6.37. The fourth-order valence-electron chi connectivity index (χ4n) is 1.65. The lowest BCUT2D eigenvalue weighted by Gasteiger charge is -2.24. The lowest BCUT2D eigenvalue weighted by Crippen LogP contribution is -2.43.